The highest BCUT2D eigenvalue weighted by atomic mass is 127. The number of hydrogen-bond donors (Lipinski definition) is 2. The summed E-state index contributed by atoms with van der Waals surface area (Å²) < 4.78 is 5.04. The molecule has 0 radical (unpaired) electrons. The van der Waals surface area contributed by atoms with Gasteiger partial charge in [0.2, 0.25) is 5.89 Å². The summed E-state index contributed by atoms with van der Waals surface area (Å²) >= 11 is 12.1. The lowest BCUT2D eigenvalue weighted by Gasteiger charge is -2.18. The minimum atomic E-state index is -0.0413. The smallest absolute Gasteiger partial charge is 0.246 e. The maximum Gasteiger partial charge on any atom is 0.246 e. The van der Waals surface area contributed by atoms with Crippen LogP contribution in [0.4, 0.5) is 0 Å². The van der Waals surface area contributed by atoms with Crippen molar-refractivity contribution in [1.29, 1.82) is 0 Å². The van der Waals surface area contributed by atoms with Crippen molar-refractivity contribution in [1.82, 2.24) is 20.8 Å². The highest BCUT2D eigenvalue weighted by Gasteiger charge is 2.12. The van der Waals surface area contributed by atoms with Crippen molar-refractivity contribution in [2.24, 2.45) is 4.99 Å². The zero-order valence-corrected chi connectivity index (χ0v) is 16.8. The predicted octanol–water partition coefficient (Wildman–Crippen LogP) is 3.73. The van der Waals surface area contributed by atoms with Crippen LogP contribution >= 0.6 is 47.2 Å². The number of aryl methyl sites for hydroxylation is 1. The summed E-state index contributed by atoms with van der Waals surface area (Å²) in [7, 11) is 1.69. The molecule has 1 heterocycles. The van der Waals surface area contributed by atoms with Gasteiger partial charge in [-0.3, -0.25) is 4.99 Å². The number of aliphatic imine (C=N–C) groups is 1. The van der Waals surface area contributed by atoms with E-state index in [0.717, 1.165) is 5.56 Å². The summed E-state index contributed by atoms with van der Waals surface area (Å²) in [6, 6.07) is 5.36. The minimum absolute atomic E-state index is 0. The van der Waals surface area contributed by atoms with Gasteiger partial charge in [-0.25, -0.2) is 0 Å². The van der Waals surface area contributed by atoms with E-state index >= 15 is 0 Å². The van der Waals surface area contributed by atoms with Crippen LogP contribution in [-0.2, 0) is 6.54 Å². The third kappa shape index (κ3) is 5.82. The molecule has 0 saturated heterocycles. The van der Waals surface area contributed by atoms with E-state index < -0.39 is 0 Å². The molecular weight excluding hydrogens is 452 g/mol. The first-order valence-electron chi connectivity index (χ1n) is 6.71. The maximum atomic E-state index is 6.21. The van der Waals surface area contributed by atoms with E-state index in [9.17, 15) is 0 Å². The second-order valence-corrected chi connectivity index (χ2v) is 5.54. The fourth-order valence-corrected chi connectivity index (χ4v) is 2.47. The van der Waals surface area contributed by atoms with Crippen LogP contribution in [0.2, 0.25) is 10.0 Å². The van der Waals surface area contributed by atoms with Gasteiger partial charge in [-0.2, -0.15) is 4.98 Å². The van der Waals surface area contributed by atoms with Gasteiger partial charge in [0.15, 0.2) is 11.8 Å². The molecule has 2 aromatic rings. The van der Waals surface area contributed by atoms with Crippen LogP contribution in [0, 0.1) is 6.92 Å². The molecular formula is C14H18Cl2IN5O. The van der Waals surface area contributed by atoms with E-state index in [2.05, 4.69) is 25.8 Å². The van der Waals surface area contributed by atoms with Gasteiger partial charge in [-0.15, -0.1) is 24.0 Å². The number of aromatic nitrogens is 2. The van der Waals surface area contributed by atoms with Crippen LogP contribution in [0.3, 0.4) is 0 Å². The summed E-state index contributed by atoms with van der Waals surface area (Å²) in [5.41, 5.74) is 0.933. The summed E-state index contributed by atoms with van der Waals surface area (Å²) in [4.78, 5) is 8.28. The molecule has 1 aromatic carbocycles. The molecule has 2 rings (SSSR count). The Hall–Kier alpha value is -1.06. The van der Waals surface area contributed by atoms with Crippen molar-refractivity contribution in [3.63, 3.8) is 0 Å². The fourth-order valence-electron chi connectivity index (χ4n) is 1.90. The molecule has 2 N–H and O–H groups in total. The normalized spacial score (nSPS) is 12.5. The molecule has 0 aliphatic heterocycles. The summed E-state index contributed by atoms with van der Waals surface area (Å²) in [6.45, 7) is 4.14. The second kappa shape index (κ2) is 9.29. The van der Waals surface area contributed by atoms with E-state index in [1.54, 1.807) is 26.1 Å². The monoisotopic (exact) mass is 469 g/mol. The molecule has 0 saturated carbocycles. The predicted molar refractivity (Wildman–Crippen MR) is 103 cm³/mol. The Balaban J connectivity index is 0.00000264. The Kier molecular flexibility index (Phi) is 8.07. The highest BCUT2D eigenvalue weighted by Crippen LogP contribution is 2.25. The van der Waals surface area contributed by atoms with Gasteiger partial charge in [0.25, 0.3) is 0 Å². The third-order valence-corrected chi connectivity index (χ3v) is 3.54. The SMILES string of the molecule is CN=C(NCc1nc(C)no1)NC(C)c1ccc(Cl)cc1Cl.I. The number of nitrogens with one attached hydrogen (secondary N) is 2. The maximum absolute atomic E-state index is 6.21. The van der Waals surface area contributed by atoms with Crippen LogP contribution in [0.25, 0.3) is 0 Å². The number of rotatable bonds is 4. The average Bonchev–Trinajstić information content (AvgIpc) is 2.88. The van der Waals surface area contributed by atoms with E-state index in [-0.39, 0.29) is 30.0 Å². The van der Waals surface area contributed by atoms with Crippen molar-refractivity contribution in [3.8, 4) is 0 Å². The lowest BCUT2D eigenvalue weighted by molar-refractivity contribution is 0.371. The molecule has 0 spiro atoms. The molecule has 23 heavy (non-hydrogen) atoms. The molecule has 0 aliphatic carbocycles. The molecule has 1 aromatic heterocycles. The van der Waals surface area contributed by atoms with Crippen LogP contribution in [0.5, 0.6) is 0 Å². The number of benzene rings is 1. The van der Waals surface area contributed by atoms with Crippen molar-refractivity contribution in [3.05, 3.63) is 45.5 Å². The van der Waals surface area contributed by atoms with Crippen molar-refractivity contribution in [2.45, 2.75) is 26.4 Å². The van der Waals surface area contributed by atoms with Gasteiger partial charge in [-0.05, 0) is 31.5 Å². The average molecular weight is 470 g/mol. The van der Waals surface area contributed by atoms with Gasteiger partial charge < -0.3 is 15.2 Å². The van der Waals surface area contributed by atoms with Gasteiger partial charge in [0, 0.05) is 17.1 Å². The third-order valence-electron chi connectivity index (χ3n) is 2.98. The second-order valence-electron chi connectivity index (χ2n) is 4.69. The Labute approximate surface area is 162 Å². The topological polar surface area (TPSA) is 75.3 Å². The molecule has 1 unspecified atom stereocenters. The first-order valence-corrected chi connectivity index (χ1v) is 7.46. The van der Waals surface area contributed by atoms with E-state index in [4.69, 9.17) is 27.7 Å². The minimum Gasteiger partial charge on any atom is -0.350 e. The summed E-state index contributed by atoms with van der Waals surface area (Å²) in [5.74, 6) is 1.70. The van der Waals surface area contributed by atoms with Crippen molar-refractivity contribution >= 4 is 53.1 Å². The molecule has 0 bridgehead atoms. The summed E-state index contributed by atoms with van der Waals surface area (Å²) in [5, 5.41) is 11.3. The Morgan fingerprint density at radius 3 is 2.70 bits per heavy atom. The molecule has 6 nitrogen and oxygen atoms in total. The lowest BCUT2D eigenvalue weighted by atomic mass is 10.1. The molecule has 9 heteroatoms. The van der Waals surface area contributed by atoms with Gasteiger partial charge in [0.05, 0.1) is 12.6 Å². The number of halogens is 3. The van der Waals surface area contributed by atoms with Crippen LogP contribution in [0.15, 0.2) is 27.7 Å². The molecule has 1 atom stereocenters. The van der Waals surface area contributed by atoms with E-state index in [0.29, 0.717) is 34.3 Å². The number of nitrogens with zero attached hydrogens (tertiary/aromatic N) is 3. The van der Waals surface area contributed by atoms with Crippen LogP contribution < -0.4 is 10.6 Å². The van der Waals surface area contributed by atoms with E-state index in [1.807, 2.05) is 13.0 Å². The zero-order valence-electron chi connectivity index (χ0n) is 12.9. The lowest BCUT2D eigenvalue weighted by Crippen LogP contribution is -2.38. The Morgan fingerprint density at radius 2 is 2.13 bits per heavy atom. The molecule has 126 valence electrons. The first-order chi connectivity index (χ1) is 10.5. The first kappa shape index (κ1) is 20.0. The number of guanidine groups is 1. The fraction of sp³-hybridized carbons (Fsp3) is 0.357. The van der Waals surface area contributed by atoms with E-state index in [1.165, 1.54) is 0 Å². The van der Waals surface area contributed by atoms with Crippen LogP contribution in [0.1, 0.15) is 30.2 Å². The summed E-state index contributed by atoms with van der Waals surface area (Å²) in [6.07, 6.45) is 0. The standard InChI is InChI=1S/C14H17Cl2N5O.HI/c1-8(11-5-4-10(15)6-12(11)16)19-14(17-3)18-7-13-20-9(2)21-22-13;/h4-6,8H,7H2,1-3H3,(H2,17,18,19);1H. The van der Waals surface area contributed by atoms with Gasteiger partial charge in [-0.1, -0.05) is 34.4 Å². The van der Waals surface area contributed by atoms with Gasteiger partial charge >= 0.3 is 0 Å². The highest BCUT2D eigenvalue weighted by molar-refractivity contribution is 14.0. The Morgan fingerprint density at radius 1 is 1.39 bits per heavy atom. The molecule has 0 aliphatic rings. The zero-order chi connectivity index (χ0) is 16.1. The largest absolute Gasteiger partial charge is 0.350 e. The Bertz CT molecular complexity index is 677. The molecule has 0 fully saturated rings. The van der Waals surface area contributed by atoms with Crippen molar-refractivity contribution in [2.75, 3.05) is 7.05 Å². The quantitative estimate of drug-likeness (QED) is 0.405. The number of hydrogen-bond acceptors (Lipinski definition) is 4. The van der Waals surface area contributed by atoms with Gasteiger partial charge in [0.1, 0.15) is 0 Å². The van der Waals surface area contributed by atoms with Crippen molar-refractivity contribution < 1.29 is 4.52 Å². The van der Waals surface area contributed by atoms with Crippen LogP contribution in [-0.4, -0.2) is 23.1 Å². The molecule has 0 amide bonds.